The molecule has 4 nitrogen and oxygen atoms in total. The molecule has 0 saturated carbocycles. The zero-order valence-corrected chi connectivity index (χ0v) is 10.5. The fourth-order valence-corrected chi connectivity index (χ4v) is 2.09. The molecule has 2 N–H and O–H groups in total. The molecule has 0 aromatic heterocycles. The van der Waals surface area contributed by atoms with Gasteiger partial charge in [0.2, 0.25) is 0 Å². The molecule has 1 saturated heterocycles. The second-order valence-corrected chi connectivity index (χ2v) is 4.39. The third-order valence-corrected chi connectivity index (χ3v) is 3.05. The highest BCUT2D eigenvalue weighted by molar-refractivity contribution is 6.05. The molecule has 1 atom stereocenters. The molecule has 1 heterocycles. The van der Waals surface area contributed by atoms with E-state index in [1.54, 1.807) is 4.90 Å². The summed E-state index contributed by atoms with van der Waals surface area (Å²) in [7, 11) is 0. The number of hydrogen-bond acceptors (Lipinski definition) is 2. The minimum Gasteiger partial charge on any atom is -0.303 e. The number of carbonyl (C=O) groups excluding carboxylic acids is 1. The standard InChI is InChI=1S/C13H21N3O/c1-3-5-6-7-8-9-11-12(14)15-13(17)16(11)10-4-2/h2,11H,3,5-10H2,1H3,(H2,14,15,17). The number of nitrogens with one attached hydrogen (secondary N) is 2. The van der Waals surface area contributed by atoms with E-state index in [-0.39, 0.29) is 18.6 Å². The number of carbonyl (C=O) groups is 1. The number of nitrogens with zero attached hydrogens (tertiary/aromatic N) is 1. The van der Waals surface area contributed by atoms with Crippen LogP contribution in [0.15, 0.2) is 0 Å². The number of urea groups is 1. The largest absolute Gasteiger partial charge is 0.324 e. The molecule has 1 aliphatic rings. The average Bonchev–Trinajstić information content (AvgIpc) is 2.56. The Bertz CT molecular complexity index is 319. The lowest BCUT2D eigenvalue weighted by molar-refractivity contribution is 0.210. The molecule has 1 unspecified atom stereocenters. The van der Waals surface area contributed by atoms with E-state index in [1.807, 2.05) is 0 Å². The molecular formula is C13H21N3O. The van der Waals surface area contributed by atoms with Gasteiger partial charge in [0.15, 0.2) is 0 Å². The Morgan fingerprint density at radius 1 is 1.41 bits per heavy atom. The first-order valence-corrected chi connectivity index (χ1v) is 6.30. The molecular weight excluding hydrogens is 214 g/mol. The summed E-state index contributed by atoms with van der Waals surface area (Å²) in [4.78, 5) is 13.1. The highest BCUT2D eigenvalue weighted by Gasteiger charge is 2.34. The predicted octanol–water partition coefficient (Wildman–Crippen LogP) is 2.35. The van der Waals surface area contributed by atoms with Crippen molar-refractivity contribution in [1.82, 2.24) is 10.2 Å². The molecule has 17 heavy (non-hydrogen) atoms. The molecule has 1 rings (SSSR count). The number of amides is 2. The van der Waals surface area contributed by atoms with Gasteiger partial charge in [-0.3, -0.25) is 10.7 Å². The highest BCUT2D eigenvalue weighted by Crippen LogP contribution is 2.16. The van der Waals surface area contributed by atoms with Gasteiger partial charge < -0.3 is 4.90 Å². The molecule has 0 aromatic rings. The van der Waals surface area contributed by atoms with Crippen LogP contribution in [0.1, 0.15) is 45.4 Å². The van der Waals surface area contributed by atoms with Crippen molar-refractivity contribution in [2.75, 3.05) is 6.54 Å². The number of hydrogen-bond donors (Lipinski definition) is 2. The van der Waals surface area contributed by atoms with Gasteiger partial charge >= 0.3 is 6.03 Å². The average molecular weight is 235 g/mol. The Kier molecular flexibility index (Phi) is 5.55. The molecule has 2 amide bonds. The Labute approximate surface area is 103 Å². The van der Waals surface area contributed by atoms with E-state index >= 15 is 0 Å². The maximum absolute atomic E-state index is 11.5. The van der Waals surface area contributed by atoms with Gasteiger partial charge in [0.1, 0.15) is 5.84 Å². The van der Waals surface area contributed by atoms with Crippen LogP contribution in [0.25, 0.3) is 0 Å². The molecule has 0 aliphatic carbocycles. The lowest BCUT2D eigenvalue weighted by Gasteiger charge is -2.19. The van der Waals surface area contributed by atoms with Gasteiger partial charge in [-0.25, -0.2) is 4.79 Å². The van der Waals surface area contributed by atoms with E-state index in [1.165, 1.54) is 19.3 Å². The first-order chi connectivity index (χ1) is 8.20. The molecule has 94 valence electrons. The minimum absolute atomic E-state index is 0.139. The van der Waals surface area contributed by atoms with Crippen molar-refractivity contribution in [1.29, 1.82) is 5.41 Å². The summed E-state index contributed by atoms with van der Waals surface area (Å²) in [6.07, 6.45) is 12.0. The van der Waals surface area contributed by atoms with Gasteiger partial charge in [-0.15, -0.1) is 6.42 Å². The summed E-state index contributed by atoms with van der Waals surface area (Å²) in [5.74, 6) is 2.76. The quantitative estimate of drug-likeness (QED) is 0.516. The molecule has 0 bridgehead atoms. The first kappa shape index (κ1) is 13.6. The van der Waals surface area contributed by atoms with E-state index in [0.717, 1.165) is 19.3 Å². The molecule has 1 fully saturated rings. The van der Waals surface area contributed by atoms with Crippen molar-refractivity contribution in [2.24, 2.45) is 0 Å². The first-order valence-electron chi connectivity index (χ1n) is 6.30. The van der Waals surface area contributed by atoms with Crippen LogP contribution in [0.4, 0.5) is 4.79 Å². The normalized spacial score (nSPS) is 19.3. The van der Waals surface area contributed by atoms with E-state index in [0.29, 0.717) is 5.84 Å². The van der Waals surface area contributed by atoms with Gasteiger partial charge in [-0.2, -0.15) is 0 Å². The van der Waals surface area contributed by atoms with Gasteiger partial charge in [0.25, 0.3) is 0 Å². The fourth-order valence-electron chi connectivity index (χ4n) is 2.09. The monoisotopic (exact) mass is 235 g/mol. The highest BCUT2D eigenvalue weighted by atomic mass is 16.2. The van der Waals surface area contributed by atoms with Crippen LogP contribution in [0.2, 0.25) is 0 Å². The summed E-state index contributed by atoms with van der Waals surface area (Å²) in [5, 5.41) is 10.2. The number of rotatable bonds is 7. The molecule has 4 heteroatoms. The summed E-state index contributed by atoms with van der Waals surface area (Å²) in [6.45, 7) is 2.47. The van der Waals surface area contributed by atoms with Gasteiger partial charge in [-0.1, -0.05) is 44.9 Å². The Morgan fingerprint density at radius 3 is 2.76 bits per heavy atom. The molecule has 0 spiro atoms. The summed E-state index contributed by atoms with van der Waals surface area (Å²) in [6, 6.07) is -0.369. The van der Waals surface area contributed by atoms with Crippen LogP contribution < -0.4 is 5.32 Å². The maximum atomic E-state index is 11.5. The number of unbranched alkanes of at least 4 members (excludes halogenated alkanes) is 4. The second-order valence-electron chi connectivity index (χ2n) is 4.39. The zero-order chi connectivity index (χ0) is 12.7. The van der Waals surface area contributed by atoms with Crippen molar-refractivity contribution in [3.8, 4) is 12.3 Å². The third kappa shape index (κ3) is 3.77. The van der Waals surface area contributed by atoms with Crippen molar-refractivity contribution in [2.45, 2.75) is 51.5 Å². The smallest absolute Gasteiger partial charge is 0.303 e. The van der Waals surface area contributed by atoms with Gasteiger partial charge in [0, 0.05) is 0 Å². The van der Waals surface area contributed by atoms with Crippen LogP contribution in [0.5, 0.6) is 0 Å². The van der Waals surface area contributed by atoms with Gasteiger partial charge in [-0.05, 0) is 6.42 Å². The van der Waals surface area contributed by atoms with E-state index in [9.17, 15) is 4.79 Å². The minimum atomic E-state index is -0.230. The Morgan fingerprint density at radius 2 is 2.12 bits per heavy atom. The van der Waals surface area contributed by atoms with Crippen LogP contribution in [0.3, 0.4) is 0 Å². The predicted molar refractivity (Wildman–Crippen MR) is 69.0 cm³/mol. The van der Waals surface area contributed by atoms with Crippen molar-refractivity contribution in [3.63, 3.8) is 0 Å². The van der Waals surface area contributed by atoms with Crippen LogP contribution in [-0.2, 0) is 0 Å². The lowest BCUT2D eigenvalue weighted by atomic mass is 10.1. The summed E-state index contributed by atoms with van der Waals surface area (Å²) < 4.78 is 0. The molecule has 0 aromatic carbocycles. The molecule has 1 aliphatic heterocycles. The van der Waals surface area contributed by atoms with E-state index in [4.69, 9.17) is 11.8 Å². The topological polar surface area (TPSA) is 56.2 Å². The molecule has 0 radical (unpaired) electrons. The lowest BCUT2D eigenvalue weighted by Crippen LogP contribution is -2.35. The fraction of sp³-hybridized carbons (Fsp3) is 0.692. The number of terminal acetylenes is 1. The van der Waals surface area contributed by atoms with Crippen LogP contribution in [0, 0.1) is 17.8 Å². The van der Waals surface area contributed by atoms with E-state index in [2.05, 4.69) is 18.2 Å². The van der Waals surface area contributed by atoms with Crippen molar-refractivity contribution >= 4 is 11.9 Å². The van der Waals surface area contributed by atoms with Crippen molar-refractivity contribution in [3.05, 3.63) is 0 Å². The Balaban J connectivity index is 2.36. The summed E-state index contributed by atoms with van der Waals surface area (Å²) in [5.41, 5.74) is 0. The SMILES string of the molecule is C#CCN1C(=O)NC(=N)C1CCCCCCC. The van der Waals surface area contributed by atoms with Gasteiger partial charge in [0.05, 0.1) is 12.6 Å². The number of amidine groups is 1. The zero-order valence-electron chi connectivity index (χ0n) is 10.5. The third-order valence-electron chi connectivity index (χ3n) is 3.05. The summed E-state index contributed by atoms with van der Waals surface area (Å²) >= 11 is 0. The second kappa shape index (κ2) is 6.95. The van der Waals surface area contributed by atoms with E-state index < -0.39 is 0 Å². The maximum Gasteiger partial charge on any atom is 0.324 e. The van der Waals surface area contributed by atoms with Crippen molar-refractivity contribution < 1.29 is 4.79 Å². The van der Waals surface area contributed by atoms with Crippen LogP contribution >= 0.6 is 0 Å². The Hall–Kier alpha value is -1.50. The van der Waals surface area contributed by atoms with Crippen LogP contribution in [-0.4, -0.2) is 29.4 Å².